The fraction of sp³-hybridized carbons (Fsp3) is 0.308. The Balaban J connectivity index is 1.86. The number of H-pyrrole nitrogens is 1. The van der Waals surface area contributed by atoms with E-state index in [1.54, 1.807) is 0 Å². The first-order valence-corrected chi connectivity index (χ1v) is 6.68. The number of hydrogen-bond donors (Lipinski definition) is 1. The molecule has 1 aromatic carbocycles. The molecule has 3 rings (SSSR count). The molecule has 0 spiro atoms. The Morgan fingerprint density at radius 3 is 2.53 bits per heavy atom. The van der Waals surface area contributed by atoms with Crippen molar-refractivity contribution in [3.8, 4) is 11.3 Å². The molecule has 1 aliphatic heterocycles. The van der Waals surface area contributed by atoms with E-state index in [1.165, 1.54) is 18.4 Å². The molecule has 0 bridgehead atoms. The average Bonchev–Trinajstić information content (AvgIpc) is 3.00. The Hall–Kier alpha value is -1.29. The minimum absolute atomic E-state index is 1.07. The molecule has 0 radical (unpaired) electrons. The Morgan fingerprint density at radius 1 is 1.12 bits per heavy atom. The minimum atomic E-state index is 1.07. The van der Waals surface area contributed by atoms with Gasteiger partial charge in [0.05, 0.1) is 5.69 Å². The number of aromatic nitrogens is 2. The first-order valence-electron chi connectivity index (χ1n) is 5.89. The largest absolute Gasteiger partial charge is 0.355 e. The fourth-order valence-corrected chi connectivity index (χ4v) is 2.46. The molecular weight excluding hydrogens is 278 g/mol. The number of hydrogen-bond acceptors (Lipinski definition) is 2. The van der Waals surface area contributed by atoms with Crippen LogP contribution in [0.3, 0.4) is 0 Å². The van der Waals surface area contributed by atoms with Crippen LogP contribution < -0.4 is 4.90 Å². The summed E-state index contributed by atoms with van der Waals surface area (Å²) in [5.74, 6) is 1.07. The molecule has 1 fully saturated rings. The molecule has 3 nitrogen and oxygen atoms in total. The summed E-state index contributed by atoms with van der Waals surface area (Å²) in [6.07, 6.45) is 2.56. The van der Waals surface area contributed by atoms with Gasteiger partial charge in [0.2, 0.25) is 0 Å². The first-order chi connectivity index (χ1) is 8.33. The Bertz CT molecular complexity index is 498. The van der Waals surface area contributed by atoms with Crippen LogP contribution in [0.25, 0.3) is 11.3 Å². The number of benzene rings is 1. The van der Waals surface area contributed by atoms with Gasteiger partial charge in [0.1, 0.15) is 0 Å². The molecule has 0 saturated carbocycles. The van der Waals surface area contributed by atoms with E-state index in [0.717, 1.165) is 29.1 Å². The standard InChI is InChI=1S/C13H14BrN3/c14-11-5-3-10(4-6-11)12-9-13(16-15-12)17-7-1-2-8-17/h3-6,9H,1-2,7-8H2,(H,15,16). The number of anilines is 1. The number of nitrogens with zero attached hydrogens (tertiary/aromatic N) is 2. The highest BCUT2D eigenvalue weighted by Gasteiger charge is 2.15. The monoisotopic (exact) mass is 291 g/mol. The van der Waals surface area contributed by atoms with Gasteiger partial charge in [-0.2, -0.15) is 5.10 Å². The van der Waals surface area contributed by atoms with Crippen molar-refractivity contribution < 1.29 is 0 Å². The van der Waals surface area contributed by atoms with Crippen LogP contribution in [0.2, 0.25) is 0 Å². The highest BCUT2D eigenvalue weighted by Crippen LogP contribution is 2.25. The summed E-state index contributed by atoms with van der Waals surface area (Å²) in [5.41, 5.74) is 2.26. The summed E-state index contributed by atoms with van der Waals surface area (Å²) >= 11 is 3.44. The smallest absolute Gasteiger partial charge is 0.150 e. The van der Waals surface area contributed by atoms with E-state index in [9.17, 15) is 0 Å². The Morgan fingerprint density at radius 2 is 1.82 bits per heavy atom. The lowest BCUT2D eigenvalue weighted by Crippen LogP contribution is -2.17. The van der Waals surface area contributed by atoms with Gasteiger partial charge in [-0.05, 0) is 30.5 Å². The molecule has 0 aliphatic carbocycles. The van der Waals surface area contributed by atoms with Gasteiger partial charge in [-0.1, -0.05) is 28.1 Å². The third-order valence-corrected chi connectivity index (χ3v) is 3.68. The quantitative estimate of drug-likeness (QED) is 0.919. The van der Waals surface area contributed by atoms with Gasteiger partial charge in [-0.3, -0.25) is 5.10 Å². The van der Waals surface area contributed by atoms with Gasteiger partial charge in [-0.25, -0.2) is 0 Å². The van der Waals surface area contributed by atoms with Crippen LogP contribution in [0.4, 0.5) is 5.82 Å². The molecule has 1 aliphatic rings. The Kier molecular flexibility index (Phi) is 2.89. The normalized spacial score (nSPS) is 15.5. The summed E-state index contributed by atoms with van der Waals surface area (Å²) in [4.78, 5) is 2.33. The van der Waals surface area contributed by atoms with Crippen molar-refractivity contribution in [2.45, 2.75) is 12.8 Å². The van der Waals surface area contributed by atoms with E-state index in [1.807, 2.05) is 12.1 Å². The lowest BCUT2D eigenvalue weighted by molar-refractivity contribution is 0.921. The first kappa shape index (κ1) is 10.8. The topological polar surface area (TPSA) is 31.9 Å². The number of halogens is 1. The molecule has 0 unspecified atom stereocenters. The second kappa shape index (κ2) is 4.53. The van der Waals surface area contributed by atoms with Gasteiger partial charge >= 0.3 is 0 Å². The lowest BCUT2D eigenvalue weighted by atomic mass is 10.1. The SMILES string of the molecule is Brc1ccc(-c2cc(N3CCCC3)n[nH]2)cc1. The zero-order valence-electron chi connectivity index (χ0n) is 9.49. The van der Waals surface area contributed by atoms with Crippen molar-refractivity contribution in [3.05, 3.63) is 34.8 Å². The number of rotatable bonds is 2. The second-order valence-electron chi connectivity index (χ2n) is 4.34. The number of nitrogens with one attached hydrogen (secondary N) is 1. The molecule has 2 heterocycles. The maximum absolute atomic E-state index is 4.39. The third-order valence-electron chi connectivity index (χ3n) is 3.15. The van der Waals surface area contributed by atoms with Crippen molar-refractivity contribution in [1.29, 1.82) is 0 Å². The van der Waals surface area contributed by atoms with Crippen molar-refractivity contribution in [2.24, 2.45) is 0 Å². The fourth-order valence-electron chi connectivity index (χ4n) is 2.20. The van der Waals surface area contributed by atoms with E-state index in [4.69, 9.17) is 0 Å². The zero-order chi connectivity index (χ0) is 11.7. The molecule has 0 amide bonds. The van der Waals surface area contributed by atoms with Crippen molar-refractivity contribution in [3.63, 3.8) is 0 Å². The van der Waals surface area contributed by atoms with Crippen molar-refractivity contribution in [1.82, 2.24) is 10.2 Å². The summed E-state index contributed by atoms with van der Waals surface area (Å²) < 4.78 is 1.10. The van der Waals surface area contributed by atoms with Crippen LogP contribution >= 0.6 is 15.9 Å². The molecule has 17 heavy (non-hydrogen) atoms. The van der Waals surface area contributed by atoms with Gasteiger partial charge < -0.3 is 4.90 Å². The average molecular weight is 292 g/mol. The van der Waals surface area contributed by atoms with Crippen molar-refractivity contribution >= 4 is 21.7 Å². The van der Waals surface area contributed by atoms with E-state index in [2.05, 4.69) is 49.2 Å². The van der Waals surface area contributed by atoms with Crippen LogP contribution in [0.5, 0.6) is 0 Å². The summed E-state index contributed by atoms with van der Waals surface area (Å²) in [7, 11) is 0. The molecule has 0 atom stereocenters. The zero-order valence-corrected chi connectivity index (χ0v) is 11.1. The van der Waals surface area contributed by atoms with Gasteiger partial charge in [0.25, 0.3) is 0 Å². The molecule has 1 N–H and O–H groups in total. The van der Waals surface area contributed by atoms with Gasteiger partial charge in [-0.15, -0.1) is 0 Å². The molecule has 4 heteroatoms. The van der Waals surface area contributed by atoms with Crippen LogP contribution in [0.1, 0.15) is 12.8 Å². The van der Waals surface area contributed by atoms with Crippen LogP contribution in [-0.4, -0.2) is 23.3 Å². The van der Waals surface area contributed by atoms with E-state index >= 15 is 0 Å². The highest BCUT2D eigenvalue weighted by molar-refractivity contribution is 9.10. The summed E-state index contributed by atoms with van der Waals surface area (Å²) in [6, 6.07) is 10.4. The molecular formula is C13H14BrN3. The predicted molar refractivity (Wildman–Crippen MR) is 73.2 cm³/mol. The third kappa shape index (κ3) is 2.22. The van der Waals surface area contributed by atoms with Gasteiger partial charge in [0, 0.05) is 23.6 Å². The molecule has 1 saturated heterocycles. The van der Waals surface area contributed by atoms with Crippen LogP contribution in [0.15, 0.2) is 34.8 Å². The summed E-state index contributed by atoms with van der Waals surface area (Å²) in [5, 5.41) is 7.50. The van der Waals surface area contributed by atoms with Crippen molar-refractivity contribution in [2.75, 3.05) is 18.0 Å². The minimum Gasteiger partial charge on any atom is -0.355 e. The number of aromatic amines is 1. The van der Waals surface area contributed by atoms with E-state index in [0.29, 0.717) is 0 Å². The van der Waals surface area contributed by atoms with Gasteiger partial charge in [0.15, 0.2) is 5.82 Å². The molecule has 88 valence electrons. The Labute approximate surface area is 109 Å². The van der Waals surface area contributed by atoms with Crippen LogP contribution in [-0.2, 0) is 0 Å². The van der Waals surface area contributed by atoms with E-state index in [-0.39, 0.29) is 0 Å². The lowest BCUT2D eigenvalue weighted by Gasteiger charge is -2.12. The summed E-state index contributed by atoms with van der Waals surface area (Å²) in [6.45, 7) is 2.26. The van der Waals surface area contributed by atoms with Crippen LogP contribution in [0, 0.1) is 0 Å². The molecule has 1 aromatic heterocycles. The van der Waals surface area contributed by atoms with E-state index < -0.39 is 0 Å². The second-order valence-corrected chi connectivity index (χ2v) is 5.26. The predicted octanol–water partition coefficient (Wildman–Crippen LogP) is 3.44. The molecule has 2 aromatic rings. The highest BCUT2D eigenvalue weighted by atomic mass is 79.9. The maximum atomic E-state index is 4.39. The maximum Gasteiger partial charge on any atom is 0.150 e.